The smallest absolute Gasteiger partial charge is 0.182 e. The summed E-state index contributed by atoms with van der Waals surface area (Å²) in [4.78, 5) is 20.3. The summed E-state index contributed by atoms with van der Waals surface area (Å²) in [6.07, 6.45) is 5.18. The second kappa shape index (κ2) is 6.06. The van der Waals surface area contributed by atoms with Crippen LogP contribution < -0.4 is 4.90 Å². The summed E-state index contributed by atoms with van der Waals surface area (Å²) in [6.45, 7) is 5.63. The predicted molar refractivity (Wildman–Crippen MR) is 79.8 cm³/mol. The number of piperazine rings is 1. The fraction of sp³-hybridized carbons (Fsp3) is 0.571. The highest BCUT2D eigenvalue weighted by Crippen LogP contribution is 2.21. The number of nitriles is 1. The Kier molecular flexibility index (Phi) is 3.97. The van der Waals surface area contributed by atoms with Crippen LogP contribution in [-0.4, -0.2) is 57.1 Å². The topological polar surface area (TPSA) is 84.7 Å². The largest absolute Gasteiger partial charge is 0.352 e. The number of fused-ring (bicyclic) bond motifs is 1. The van der Waals surface area contributed by atoms with Crippen molar-refractivity contribution in [2.45, 2.75) is 25.8 Å². The molecular weight excluding hydrogens is 266 g/mol. The maximum Gasteiger partial charge on any atom is 0.182 e. The van der Waals surface area contributed by atoms with Crippen molar-refractivity contribution in [1.29, 1.82) is 5.26 Å². The van der Waals surface area contributed by atoms with Crippen molar-refractivity contribution in [3.63, 3.8) is 0 Å². The van der Waals surface area contributed by atoms with Gasteiger partial charge in [-0.2, -0.15) is 5.26 Å². The molecule has 7 nitrogen and oxygen atoms in total. The van der Waals surface area contributed by atoms with E-state index >= 15 is 0 Å². The van der Waals surface area contributed by atoms with Crippen molar-refractivity contribution >= 4 is 17.0 Å². The van der Waals surface area contributed by atoms with E-state index in [4.69, 9.17) is 0 Å². The van der Waals surface area contributed by atoms with E-state index in [1.54, 1.807) is 12.7 Å². The van der Waals surface area contributed by atoms with Crippen molar-refractivity contribution in [2.24, 2.45) is 0 Å². The van der Waals surface area contributed by atoms with Gasteiger partial charge in [0.25, 0.3) is 0 Å². The molecule has 7 heteroatoms. The van der Waals surface area contributed by atoms with Crippen LogP contribution in [0.15, 0.2) is 12.7 Å². The number of hydrogen-bond acceptors (Lipinski definition) is 6. The van der Waals surface area contributed by atoms with Crippen LogP contribution >= 0.6 is 0 Å². The normalized spacial score (nSPS) is 17.8. The second-order valence-corrected chi connectivity index (χ2v) is 5.26. The number of H-pyrrole nitrogens is 1. The van der Waals surface area contributed by atoms with Gasteiger partial charge in [0.15, 0.2) is 11.5 Å². The van der Waals surface area contributed by atoms with E-state index in [0.29, 0.717) is 5.65 Å². The number of aromatic nitrogens is 4. The molecule has 0 radical (unpaired) electrons. The summed E-state index contributed by atoms with van der Waals surface area (Å²) < 4.78 is 0. The molecule has 1 aliphatic rings. The van der Waals surface area contributed by atoms with E-state index in [9.17, 15) is 5.26 Å². The molecule has 1 atom stereocenters. The molecule has 1 saturated heterocycles. The van der Waals surface area contributed by atoms with Crippen molar-refractivity contribution in [3.05, 3.63) is 12.7 Å². The Morgan fingerprint density at radius 3 is 2.81 bits per heavy atom. The lowest BCUT2D eigenvalue weighted by atomic mass is 10.1. The summed E-state index contributed by atoms with van der Waals surface area (Å²) >= 11 is 0. The van der Waals surface area contributed by atoms with E-state index in [1.165, 1.54) is 0 Å². The first-order valence-corrected chi connectivity index (χ1v) is 7.36. The zero-order chi connectivity index (χ0) is 14.7. The zero-order valence-electron chi connectivity index (χ0n) is 12.2. The summed E-state index contributed by atoms with van der Waals surface area (Å²) in [5.41, 5.74) is 1.58. The number of anilines is 1. The fourth-order valence-electron chi connectivity index (χ4n) is 2.84. The molecule has 0 aromatic carbocycles. The van der Waals surface area contributed by atoms with Gasteiger partial charge in [-0.25, -0.2) is 15.0 Å². The third kappa shape index (κ3) is 2.67. The van der Waals surface area contributed by atoms with E-state index in [1.807, 2.05) is 0 Å². The first-order valence-electron chi connectivity index (χ1n) is 7.36. The van der Waals surface area contributed by atoms with Crippen molar-refractivity contribution < 1.29 is 0 Å². The second-order valence-electron chi connectivity index (χ2n) is 5.26. The third-order valence-corrected chi connectivity index (χ3v) is 3.97. The van der Waals surface area contributed by atoms with Crippen LogP contribution in [0, 0.1) is 11.3 Å². The lowest BCUT2D eigenvalue weighted by Crippen LogP contribution is -2.50. The zero-order valence-corrected chi connectivity index (χ0v) is 12.2. The molecule has 2 aromatic rings. The number of imidazole rings is 1. The maximum absolute atomic E-state index is 9.27. The minimum atomic E-state index is 0.0368. The van der Waals surface area contributed by atoms with Gasteiger partial charge in [0.05, 0.1) is 18.4 Å². The number of hydrogen-bond donors (Lipinski definition) is 1. The molecule has 0 bridgehead atoms. The van der Waals surface area contributed by atoms with Crippen LogP contribution in [0.25, 0.3) is 11.2 Å². The van der Waals surface area contributed by atoms with Crippen molar-refractivity contribution in [2.75, 3.05) is 31.1 Å². The van der Waals surface area contributed by atoms with E-state index < -0.39 is 0 Å². The molecule has 0 saturated carbocycles. The summed E-state index contributed by atoms with van der Waals surface area (Å²) in [5, 5.41) is 9.27. The summed E-state index contributed by atoms with van der Waals surface area (Å²) in [6, 6.07) is 2.46. The molecule has 0 aliphatic carbocycles. The van der Waals surface area contributed by atoms with Crippen LogP contribution in [0.2, 0.25) is 0 Å². The average molecular weight is 285 g/mol. The summed E-state index contributed by atoms with van der Waals surface area (Å²) in [5.74, 6) is 0.904. The van der Waals surface area contributed by atoms with Crippen LogP contribution in [0.1, 0.15) is 19.8 Å². The Morgan fingerprint density at radius 2 is 2.10 bits per heavy atom. The van der Waals surface area contributed by atoms with Crippen LogP contribution in [0.5, 0.6) is 0 Å². The minimum Gasteiger partial charge on any atom is -0.352 e. The van der Waals surface area contributed by atoms with Gasteiger partial charge in [-0.15, -0.1) is 0 Å². The molecular formula is C14H19N7. The third-order valence-electron chi connectivity index (χ3n) is 3.97. The molecule has 110 valence electrons. The SMILES string of the molecule is CCCC(C#N)N1CCN(c2ncnc3nc[nH]c23)CC1. The number of aromatic amines is 1. The van der Waals surface area contributed by atoms with Gasteiger partial charge < -0.3 is 9.88 Å². The maximum atomic E-state index is 9.27. The quantitative estimate of drug-likeness (QED) is 0.907. The molecule has 1 aliphatic heterocycles. The van der Waals surface area contributed by atoms with E-state index in [2.05, 4.69) is 42.7 Å². The monoisotopic (exact) mass is 285 g/mol. The Hall–Kier alpha value is -2.20. The van der Waals surface area contributed by atoms with Gasteiger partial charge >= 0.3 is 0 Å². The Balaban J connectivity index is 1.71. The predicted octanol–water partition coefficient (Wildman–Crippen LogP) is 1.17. The Labute approximate surface area is 123 Å². The molecule has 1 fully saturated rings. The van der Waals surface area contributed by atoms with Crippen LogP contribution in [0.4, 0.5) is 5.82 Å². The standard InChI is InChI=1S/C14H19N7/c1-2-3-11(8-15)20-4-6-21(7-5-20)14-12-13(17-9-16-12)18-10-19-14/h9-11H,2-7H2,1H3,(H,16,17,18,19). The lowest BCUT2D eigenvalue weighted by molar-refractivity contribution is 0.211. The van der Waals surface area contributed by atoms with Gasteiger partial charge in [-0.3, -0.25) is 4.90 Å². The van der Waals surface area contributed by atoms with E-state index in [-0.39, 0.29) is 6.04 Å². The first kappa shape index (κ1) is 13.8. The molecule has 0 amide bonds. The van der Waals surface area contributed by atoms with Gasteiger partial charge in [-0.1, -0.05) is 13.3 Å². The lowest BCUT2D eigenvalue weighted by Gasteiger charge is -2.37. The molecule has 0 spiro atoms. The van der Waals surface area contributed by atoms with Crippen molar-refractivity contribution in [1.82, 2.24) is 24.8 Å². The highest BCUT2D eigenvalue weighted by Gasteiger charge is 2.25. The molecule has 3 rings (SSSR count). The fourth-order valence-corrected chi connectivity index (χ4v) is 2.84. The van der Waals surface area contributed by atoms with Gasteiger partial charge in [0, 0.05) is 26.2 Å². The molecule has 1 N–H and O–H groups in total. The number of nitrogens with zero attached hydrogens (tertiary/aromatic N) is 6. The highest BCUT2D eigenvalue weighted by atomic mass is 15.3. The van der Waals surface area contributed by atoms with Gasteiger partial charge in [0.1, 0.15) is 11.8 Å². The summed E-state index contributed by atoms with van der Waals surface area (Å²) in [7, 11) is 0. The van der Waals surface area contributed by atoms with Gasteiger partial charge in [-0.05, 0) is 6.42 Å². The van der Waals surface area contributed by atoms with Crippen molar-refractivity contribution in [3.8, 4) is 6.07 Å². The number of rotatable bonds is 4. The first-order chi connectivity index (χ1) is 10.3. The molecule has 3 heterocycles. The van der Waals surface area contributed by atoms with Crippen LogP contribution in [-0.2, 0) is 0 Å². The Bertz CT molecular complexity index is 636. The molecule has 1 unspecified atom stereocenters. The minimum absolute atomic E-state index is 0.0368. The highest BCUT2D eigenvalue weighted by molar-refractivity contribution is 5.82. The van der Waals surface area contributed by atoms with Gasteiger partial charge in [0.2, 0.25) is 0 Å². The molecule has 21 heavy (non-hydrogen) atoms. The van der Waals surface area contributed by atoms with E-state index in [0.717, 1.165) is 50.4 Å². The molecule has 2 aromatic heterocycles. The Morgan fingerprint density at radius 1 is 1.29 bits per heavy atom. The average Bonchev–Trinajstić information content (AvgIpc) is 3.01. The van der Waals surface area contributed by atoms with Crippen LogP contribution in [0.3, 0.4) is 0 Å². The number of nitrogens with one attached hydrogen (secondary N) is 1.